The molecule has 4 rings (SSSR count). The van der Waals surface area contributed by atoms with Crippen molar-refractivity contribution in [1.29, 1.82) is 0 Å². The lowest BCUT2D eigenvalue weighted by molar-refractivity contribution is 0.127. The molecule has 0 aliphatic rings. The van der Waals surface area contributed by atoms with Gasteiger partial charge in [-0.2, -0.15) is 0 Å². The first-order chi connectivity index (χ1) is 32.4. The summed E-state index contributed by atoms with van der Waals surface area (Å²) in [5.74, 6) is 2.03. The van der Waals surface area contributed by atoms with Crippen LogP contribution < -0.4 is 20.1 Å². The van der Waals surface area contributed by atoms with Crippen molar-refractivity contribution in [1.82, 2.24) is 10.6 Å². The molecule has 2 atom stereocenters. The van der Waals surface area contributed by atoms with Crippen molar-refractivity contribution in [3.63, 3.8) is 0 Å². The van der Waals surface area contributed by atoms with Gasteiger partial charge in [-0.25, -0.2) is 0 Å². The lowest BCUT2D eigenvalue weighted by Crippen LogP contribution is -2.22. The van der Waals surface area contributed by atoms with E-state index in [1.165, 1.54) is 23.3 Å². The predicted molar refractivity (Wildman–Crippen MR) is 261 cm³/mol. The van der Waals surface area contributed by atoms with Crippen molar-refractivity contribution in [3.05, 3.63) is 118 Å². The van der Waals surface area contributed by atoms with Gasteiger partial charge >= 0.3 is 0 Å². The minimum Gasteiger partial charge on any atom is -0.508 e. The number of aliphatic hydroxyl groups excluding tert-OH is 4. The molecule has 0 amide bonds. The van der Waals surface area contributed by atoms with Gasteiger partial charge in [0.05, 0.1) is 38.6 Å². The topological polar surface area (TPSA) is 182 Å². The number of aromatic hydroxyl groups is 2. The Morgan fingerprint density at radius 3 is 1.21 bits per heavy atom. The number of hydrogen-bond donors (Lipinski definition) is 8. The number of aryl methyl sites for hydroxylation is 2. The van der Waals surface area contributed by atoms with Crippen LogP contribution in [0.5, 0.6) is 23.0 Å². The van der Waals surface area contributed by atoms with Crippen LogP contribution in [0, 0.1) is 0 Å². The van der Waals surface area contributed by atoms with Crippen LogP contribution in [0.1, 0.15) is 135 Å². The summed E-state index contributed by atoms with van der Waals surface area (Å²) in [7, 11) is 0. The van der Waals surface area contributed by atoms with Crippen molar-refractivity contribution in [2.45, 2.75) is 128 Å². The molecule has 0 radical (unpaired) electrons. The second-order valence-electron chi connectivity index (χ2n) is 17.1. The van der Waals surface area contributed by atoms with E-state index in [9.17, 15) is 30.6 Å². The minimum absolute atomic E-state index is 0.0392. The van der Waals surface area contributed by atoms with E-state index in [4.69, 9.17) is 18.9 Å². The average molecular weight is 917 g/mol. The van der Waals surface area contributed by atoms with E-state index in [1.54, 1.807) is 24.3 Å². The number of para-hydroxylation sites is 2. The van der Waals surface area contributed by atoms with Crippen molar-refractivity contribution < 1.29 is 49.6 Å². The van der Waals surface area contributed by atoms with Crippen molar-refractivity contribution in [3.8, 4) is 23.0 Å². The monoisotopic (exact) mass is 917 g/mol. The van der Waals surface area contributed by atoms with Crippen LogP contribution in [0.4, 0.5) is 0 Å². The van der Waals surface area contributed by atoms with Gasteiger partial charge in [-0.05, 0) is 149 Å². The molecule has 0 saturated carbocycles. The van der Waals surface area contributed by atoms with Crippen LogP contribution in [0.3, 0.4) is 0 Å². The molecule has 0 aliphatic heterocycles. The Morgan fingerprint density at radius 1 is 0.409 bits per heavy atom. The van der Waals surface area contributed by atoms with E-state index in [2.05, 4.69) is 47.0 Å². The third-order valence-corrected chi connectivity index (χ3v) is 11.7. The zero-order valence-corrected chi connectivity index (χ0v) is 39.4. The molecule has 4 aromatic rings. The zero-order valence-electron chi connectivity index (χ0n) is 39.4. The molecule has 0 heterocycles. The fourth-order valence-electron chi connectivity index (χ4n) is 7.77. The summed E-state index contributed by atoms with van der Waals surface area (Å²) in [6, 6.07) is 26.3. The average Bonchev–Trinajstić information content (AvgIpc) is 3.33. The second kappa shape index (κ2) is 34.1. The highest BCUT2D eigenvalue weighted by molar-refractivity contribution is 5.38. The summed E-state index contributed by atoms with van der Waals surface area (Å²) in [5, 5.41) is 65.4. The number of aliphatic hydroxyl groups is 4. The van der Waals surface area contributed by atoms with Crippen LogP contribution in [-0.4, -0.2) is 96.5 Å². The highest BCUT2D eigenvalue weighted by atomic mass is 16.5. The third kappa shape index (κ3) is 22.0. The quantitative estimate of drug-likeness (QED) is 0.0200. The standard InChI is InChI=1S/C54H80N2O10/c57-41-47-37-45(25-27-49(47)59)51(61)39-55-29-11-1-3-13-31-63-33-17-21-43-19-7-9-23-53(43)65-35-15-5-6-16-36-66-54-24-10-8-20-44(54)22-18-34-64-32-14-4-2-12-30-56-40-52(62)46-26-28-50(60)48(38-46)42-58/h7-10,19-20,23-28,37-38,51-52,55-62H,1-6,11-18,21-22,29-36,39-42H2. The Bertz CT molecular complexity index is 1730. The maximum Gasteiger partial charge on any atom is 0.122 e. The zero-order chi connectivity index (χ0) is 46.9. The predicted octanol–water partition coefficient (Wildman–Crippen LogP) is 8.77. The van der Waals surface area contributed by atoms with Gasteiger partial charge in [-0.15, -0.1) is 0 Å². The van der Waals surface area contributed by atoms with E-state index in [0.717, 1.165) is 154 Å². The number of phenols is 2. The highest BCUT2D eigenvalue weighted by Crippen LogP contribution is 2.25. The molecule has 0 bridgehead atoms. The Hall–Kier alpha value is -4.24. The highest BCUT2D eigenvalue weighted by Gasteiger charge is 2.12. The second-order valence-corrected chi connectivity index (χ2v) is 17.1. The van der Waals surface area contributed by atoms with Gasteiger partial charge in [-0.1, -0.05) is 74.2 Å². The Kier molecular flexibility index (Phi) is 28.1. The van der Waals surface area contributed by atoms with Gasteiger partial charge in [0.1, 0.15) is 23.0 Å². The van der Waals surface area contributed by atoms with Crippen molar-refractivity contribution in [2.24, 2.45) is 0 Å². The fraction of sp³-hybridized carbons (Fsp3) is 0.556. The Labute approximate surface area is 394 Å². The Balaban J connectivity index is 0.920. The maximum atomic E-state index is 10.4. The SMILES string of the molecule is OCc1cc(C(O)CNCCCCCCOCCCc2ccccc2OCCCCCCOc2ccccc2CCCOCCCCCCNCC(O)c2ccc(O)c(CO)c2)ccc1O. The van der Waals surface area contributed by atoms with Crippen molar-refractivity contribution >= 4 is 0 Å². The molecule has 366 valence electrons. The summed E-state index contributed by atoms with van der Waals surface area (Å²) in [6.07, 6.45) is 15.2. The van der Waals surface area contributed by atoms with E-state index in [0.29, 0.717) is 48.6 Å². The van der Waals surface area contributed by atoms with Crippen molar-refractivity contribution in [2.75, 3.05) is 65.8 Å². The summed E-state index contributed by atoms with van der Waals surface area (Å²) in [5.41, 5.74) is 4.67. The number of unbranched alkanes of at least 4 members (excludes halogenated alkanes) is 9. The van der Waals surface area contributed by atoms with Crippen LogP contribution in [0.2, 0.25) is 0 Å². The third-order valence-electron chi connectivity index (χ3n) is 11.7. The van der Waals surface area contributed by atoms with Gasteiger partial charge < -0.3 is 60.2 Å². The summed E-state index contributed by atoms with van der Waals surface area (Å²) < 4.78 is 24.3. The van der Waals surface area contributed by atoms with Gasteiger partial charge in [0.25, 0.3) is 0 Å². The Morgan fingerprint density at radius 2 is 0.788 bits per heavy atom. The lowest BCUT2D eigenvalue weighted by atomic mass is 10.1. The van der Waals surface area contributed by atoms with Gasteiger partial charge in [0.15, 0.2) is 0 Å². The van der Waals surface area contributed by atoms with E-state index in [1.807, 2.05) is 12.1 Å². The molecule has 0 aliphatic carbocycles. The number of ether oxygens (including phenoxy) is 4. The molecular formula is C54H80N2O10. The number of hydrogen-bond acceptors (Lipinski definition) is 12. The summed E-state index contributed by atoms with van der Waals surface area (Å²) in [6.45, 7) is 6.43. The molecule has 0 aromatic heterocycles. The van der Waals surface area contributed by atoms with Gasteiger partial charge in [-0.3, -0.25) is 0 Å². The first-order valence-corrected chi connectivity index (χ1v) is 24.6. The molecule has 2 unspecified atom stereocenters. The number of benzene rings is 4. The number of rotatable bonds is 39. The van der Waals surface area contributed by atoms with E-state index < -0.39 is 12.2 Å². The normalized spacial score (nSPS) is 12.4. The largest absolute Gasteiger partial charge is 0.508 e. The minimum atomic E-state index is -0.682. The van der Waals surface area contributed by atoms with Crippen LogP contribution in [-0.2, 0) is 35.5 Å². The first-order valence-electron chi connectivity index (χ1n) is 24.6. The molecule has 0 fully saturated rings. The van der Waals surface area contributed by atoms with Crippen LogP contribution in [0.15, 0.2) is 84.9 Å². The molecule has 12 nitrogen and oxygen atoms in total. The summed E-state index contributed by atoms with van der Waals surface area (Å²) in [4.78, 5) is 0. The molecular weight excluding hydrogens is 837 g/mol. The maximum absolute atomic E-state index is 10.4. The van der Waals surface area contributed by atoms with Crippen LogP contribution >= 0.6 is 0 Å². The summed E-state index contributed by atoms with van der Waals surface area (Å²) >= 11 is 0. The molecule has 0 spiro atoms. The van der Waals surface area contributed by atoms with E-state index >= 15 is 0 Å². The van der Waals surface area contributed by atoms with Crippen LogP contribution in [0.25, 0.3) is 0 Å². The van der Waals surface area contributed by atoms with Gasteiger partial charge in [0, 0.05) is 50.6 Å². The van der Waals surface area contributed by atoms with E-state index in [-0.39, 0.29) is 24.7 Å². The lowest BCUT2D eigenvalue weighted by Gasteiger charge is -2.14. The first kappa shape index (κ1) is 54.4. The molecule has 12 heteroatoms. The molecule has 0 saturated heterocycles. The number of nitrogens with one attached hydrogen (secondary N) is 2. The van der Waals surface area contributed by atoms with Gasteiger partial charge in [0.2, 0.25) is 0 Å². The molecule has 66 heavy (non-hydrogen) atoms. The fourth-order valence-corrected chi connectivity index (χ4v) is 7.77. The molecule has 8 N–H and O–H groups in total. The molecule has 4 aromatic carbocycles. The smallest absolute Gasteiger partial charge is 0.122 e.